The average Bonchev–Trinajstić information content (AvgIpc) is 1.85. The van der Waals surface area contributed by atoms with Crippen LogP contribution in [-0.4, -0.2) is 33.2 Å². The van der Waals surface area contributed by atoms with E-state index in [-0.39, 0.29) is 57.9 Å². The SMILES string of the molecule is CCOCCNC[B-](F)(F)F.[K+]. The van der Waals surface area contributed by atoms with E-state index in [2.05, 4.69) is 5.32 Å². The van der Waals surface area contributed by atoms with E-state index in [0.717, 1.165) is 0 Å². The van der Waals surface area contributed by atoms with Crippen LogP contribution in [0.1, 0.15) is 6.92 Å². The summed E-state index contributed by atoms with van der Waals surface area (Å²) in [6.07, 6.45) is -0.882. The zero-order valence-electron chi connectivity index (χ0n) is 7.45. The number of rotatable bonds is 6. The van der Waals surface area contributed by atoms with E-state index in [0.29, 0.717) is 13.2 Å². The molecule has 0 saturated heterocycles. The van der Waals surface area contributed by atoms with Gasteiger partial charge in [-0.15, -0.1) is 0 Å². The molecule has 0 aliphatic heterocycles. The Morgan fingerprint density at radius 1 is 1.33 bits per heavy atom. The summed E-state index contributed by atoms with van der Waals surface area (Å²) in [6, 6.07) is 0. The van der Waals surface area contributed by atoms with Crippen LogP contribution in [0.15, 0.2) is 0 Å². The standard InChI is InChI=1S/C5H12BF3NO.K/c1-2-11-4-3-10-5-6(7,8)9;/h10H,2-5H2,1H3;/q-1;+1. The minimum absolute atomic E-state index is 0. The molecule has 2 nitrogen and oxygen atoms in total. The maximum Gasteiger partial charge on any atom is 1.00 e. The maximum absolute atomic E-state index is 11.5. The van der Waals surface area contributed by atoms with Crippen molar-refractivity contribution in [2.75, 3.05) is 26.2 Å². The minimum Gasteiger partial charge on any atom is -0.448 e. The van der Waals surface area contributed by atoms with Gasteiger partial charge in [0.2, 0.25) is 0 Å². The molecule has 0 amide bonds. The molecule has 0 unspecified atom stereocenters. The van der Waals surface area contributed by atoms with E-state index in [9.17, 15) is 12.9 Å². The third-order valence-corrected chi connectivity index (χ3v) is 1.00. The third-order valence-electron chi connectivity index (χ3n) is 1.00. The van der Waals surface area contributed by atoms with Crippen LogP contribution in [0.2, 0.25) is 0 Å². The first kappa shape index (κ1) is 15.9. The quantitative estimate of drug-likeness (QED) is 0.403. The average molecular weight is 209 g/mol. The summed E-state index contributed by atoms with van der Waals surface area (Å²) in [5.74, 6) is 0. The van der Waals surface area contributed by atoms with Gasteiger partial charge in [0.25, 0.3) is 0 Å². The summed E-state index contributed by atoms with van der Waals surface area (Å²) in [7, 11) is 0. The molecule has 7 heteroatoms. The van der Waals surface area contributed by atoms with Crippen LogP contribution < -0.4 is 56.7 Å². The van der Waals surface area contributed by atoms with E-state index < -0.39 is 13.4 Å². The molecule has 0 atom stereocenters. The molecule has 1 N–H and O–H groups in total. The molecule has 0 aliphatic rings. The summed E-state index contributed by atoms with van der Waals surface area (Å²) in [5, 5.41) is 2.24. The van der Waals surface area contributed by atoms with Gasteiger partial charge in [-0.3, -0.25) is 0 Å². The first-order chi connectivity index (χ1) is 5.06. The molecule has 0 aliphatic carbocycles. The van der Waals surface area contributed by atoms with Crippen LogP contribution in [0.25, 0.3) is 0 Å². The van der Waals surface area contributed by atoms with Crippen molar-refractivity contribution in [3.63, 3.8) is 0 Å². The Labute approximate surface area is 113 Å². The Morgan fingerprint density at radius 3 is 2.33 bits per heavy atom. The zero-order chi connectivity index (χ0) is 8.74. The number of halogens is 3. The van der Waals surface area contributed by atoms with E-state index in [4.69, 9.17) is 4.74 Å². The first-order valence-corrected chi connectivity index (χ1v) is 3.55. The Morgan fingerprint density at radius 2 is 1.92 bits per heavy atom. The van der Waals surface area contributed by atoms with Gasteiger partial charge in [-0.05, 0) is 13.4 Å². The molecule has 0 aromatic carbocycles. The maximum atomic E-state index is 11.5. The Kier molecular flexibility index (Phi) is 11.9. The van der Waals surface area contributed by atoms with E-state index >= 15 is 0 Å². The van der Waals surface area contributed by atoms with Crippen molar-refractivity contribution in [2.24, 2.45) is 0 Å². The van der Waals surface area contributed by atoms with Crippen LogP contribution >= 0.6 is 0 Å². The van der Waals surface area contributed by atoms with Gasteiger partial charge < -0.3 is 23.0 Å². The smallest absolute Gasteiger partial charge is 0.448 e. The Bertz CT molecular complexity index is 103. The van der Waals surface area contributed by atoms with Crippen molar-refractivity contribution in [1.29, 1.82) is 0 Å². The monoisotopic (exact) mass is 209 g/mol. The summed E-state index contributed by atoms with van der Waals surface area (Å²) < 4.78 is 39.4. The van der Waals surface area contributed by atoms with Crippen molar-refractivity contribution >= 4 is 6.98 Å². The molecule has 12 heavy (non-hydrogen) atoms. The summed E-state index contributed by atoms with van der Waals surface area (Å²) in [6.45, 7) is -1.75. The van der Waals surface area contributed by atoms with Crippen molar-refractivity contribution in [2.45, 2.75) is 6.92 Å². The molecule has 0 aromatic heterocycles. The molecule has 0 rings (SSSR count). The molecule has 0 heterocycles. The topological polar surface area (TPSA) is 21.3 Å². The molecule has 0 radical (unpaired) electrons. The van der Waals surface area contributed by atoms with Crippen LogP contribution in [0, 0.1) is 0 Å². The van der Waals surface area contributed by atoms with Crippen LogP contribution in [0.3, 0.4) is 0 Å². The van der Waals surface area contributed by atoms with Gasteiger partial charge in [0, 0.05) is 13.2 Å². The second-order valence-corrected chi connectivity index (χ2v) is 2.11. The van der Waals surface area contributed by atoms with Crippen molar-refractivity contribution < 1.29 is 69.1 Å². The second kappa shape index (κ2) is 8.99. The van der Waals surface area contributed by atoms with Crippen LogP contribution in [0.5, 0.6) is 0 Å². The molecule has 0 spiro atoms. The zero-order valence-corrected chi connectivity index (χ0v) is 10.6. The van der Waals surface area contributed by atoms with E-state index in [1.54, 1.807) is 6.92 Å². The summed E-state index contributed by atoms with van der Waals surface area (Å²) >= 11 is 0. The molecule has 0 saturated carbocycles. The predicted molar refractivity (Wildman–Crippen MR) is 38.4 cm³/mol. The van der Waals surface area contributed by atoms with Crippen LogP contribution in [-0.2, 0) is 4.74 Å². The third kappa shape index (κ3) is 14.0. The molecule has 0 aromatic rings. The van der Waals surface area contributed by atoms with Crippen LogP contribution in [0.4, 0.5) is 12.9 Å². The molecule has 0 bridgehead atoms. The number of nitrogens with one attached hydrogen (secondary N) is 1. The second-order valence-electron chi connectivity index (χ2n) is 2.11. The van der Waals surface area contributed by atoms with Gasteiger partial charge in [0.1, 0.15) is 0 Å². The fourth-order valence-corrected chi connectivity index (χ4v) is 0.554. The Balaban J connectivity index is 0. The van der Waals surface area contributed by atoms with E-state index in [1.807, 2.05) is 0 Å². The fraction of sp³-hybridized carbons (Fsp3) is 1.00. The van der Waals surface area contributed by atoms with Gasteiger partial charge in [-0.25, -0.2) is 0 Å². The molecular formula is C5H12BF3KNO. The van der Waals surface area contributed by atoms with Crippen molar-refractivity contribution in [3.8, 4) is 0 Å². The van der Waals surface area contributed by atoms with Gasteiger partial charge in [0.05, 0.1) is 6.61 Å². The fourth-order valence-electron chi connectivity index (χ4n) is 0.554. The van der Waals surface area contributed by atoms with E-state index in [1.165, 1.54) is 0 Å². The van der Waals surface area contributed by atoms with Gasteiger partial charge in [-0.2, -0.15) is 0 Å². The van der Waals surface area contributed by atoms with Gasteiger partial charge in [0.15, 0.2) is 0 Å². The molecule has 68 valence electrons. The van der Waals surface area contributed by atoms with Gasteiger partial charge in [-0.1, -0.05) is 0 Å². The largest absolute Gasteiger partial charge is 1.00 e. The Hall–Kier alpha value is 1.41. The summed E-state index contributed by atoms with van der Waals surface area (Å²) in [4.78, 5) is 0. The normalized spacial score (nSPS) is 11.0. The molecular weight excluding hydrogens is 197 g/mol. The number of hydrogen-bond acceptors (Lipinski definition) is 2. The number of hydrogen-bond donors (Lipinski definition) is 1. The number of ether oxygens (including phenoxy) is 1. The van der Waals surface area contributed by atoms with Gasteiger partial charge >= 0.3 is 58.4 Å². The molecule has 0 fully saturated rings. The minimum atomic E-state index is -4.69. The predicted octanol–water partition coefficient (Wildman–Crippen LogP) is -2.00. The first-order valence-electron chi connectivity index (χ1n) is 3.55. The summed E-state index contributed by atoms with van der Waals surface area (Å²) in [5.41, 5.74) is 0. The van der Waals surface area contributed by atoms with Crippen molar-refractivity contribution in [3.05, 3.63) is 0 Å². The van der Waals surface area contributed by atoms with Crippen molar-refractivity contribution in [1.82, 2.24) is 5.32 Å².